The third-order valence-electron chi connectivity index (χ3n) is 6.84. The Balaban J connectivity index is 1.37. The predicted molar refractivity (Wildman–Crippen MR) is 117 cm³/mol. The van der Waals surface area contributed by atoms with Crippen LogP contribution in [0.1, 0.15) is 47.4 Å². The molecule has 0 aromatic heterocycles. The Hall–Kier alpha value is -2.31. The Bertz CT molecular complexity index is 892. The first-order chi connectivity index (χ1) is 14.8. The fourth-order valence-electron chi connectivity index (χ4n) is 4.78. The van der Waals surface area contributed by atoms with Crippen LogP contribution in [0.15, 0.2) is 55.1 Å². The minimum Gasteiger partial charge on any atom is -0.372 e. The number of benzene rings is 2. The number of rotatable bonds is 5. The van der Waals surface area contributed by atoms with E-state index in [2.05, 4.69) is 41.1 Å². The number of likely N-dealkylation sites (tertiary alicyclic amines) is 1. The fourth-order valence-corrected chi connectivity index (χ4v) is 4.78. The second kappa shape index (κ2) is 8.67. The highest BCUT2D eigenvalue weighted by molar-refractivity contribution is 5.62. The van der Waals surface area contributed by atoms with Crippen LogP contribution in [-0.4, -0.2) is 38.2 Å². The van der Waals surface area contributed by atoms with Crippen LogP contribution in [0.5, 0.6) is 0 Å². The van der Waals surface area contributed by atoms with E-state index >= 15 is 0 Å². The van der Waals surface area contributed by atoms with Crippen molar-refractivity contribution in [3.63, 3.8) is 0 Å². The van der Waals surface area contributed by atoms with Gasteiger partial charge in [-0.3, -0.25) is 0 Å². The zero-order valence-corrected chi connectivity index (χ0v) is 17.8. The van der Waals surface area contributed by atoms with Gasteiger partial charge in [0, 0.05) is 32.4 Å². The van der Waals surface area contributed by atoms with Gasteiger partial charge in [0.1, 0.15) is 5.60 Å². The van der Waals surface area contributed by atoms with Crippen LogP contribution in [0.3, 0.4) is 0 Å². The van der Waals surface area contributed by atoms with E-state index < -0.39 is 11.7 Å². The van der Waals surface area contributed by atoms with Gasteiger partial charge in [-0.15, -0.1) is 0 Å². The molecule has 0 radical (unpaired) electrons. The van der Waals surface area contributed by atoms with Crippen molar-refractivity contribution in [2.75, 3.05) is 33.3 Å². The maximum Gasteiger partial charge on any atom is 0.416 e. The van der Waals surface area contributed by atoms with E-state index in [1.165, 1.54) is 17.7 Å². The smallest absolute Gasteiger partial charge is 0.372 e. The van der Waals surface area contributed by atoms with Crippen LogP contribution in [0.4, 0.5) is 13.2 Å². The monoisotopic (exact) mass is 430 g/mol. The van der Waals surface area contributed by atoms with Crippen molar-refractivity contribution in [2.45, 2.75) is 37.0 Å². The molecule has 2 aromatic carbocycles. The molecule has 1 N–H and O–H groups in total. The minimum atomic E-state index is -4.29. The third-order valence-corrected chi connectivity index (χ3v) is 6.84. The number of nitrogens with zero attached hydrogens (tertiary/aromatic N) is 1. The minimum absolute atomic E-state index is 0.250. The molecule has 0 bridgehead atoms. The fraction of sp³-hybridized carbons (Fsp3) is 0.440. The van der Waals surface area contributed by atoms with Gasteiger partial charge in [0.05, 0.1) is 5.56 Å². The predicted octanol–water partition coefficient (Wildman–Crippen LogP) is 5.39. The highest BCUT2D eigenvalue weighted by Crippen LogP contribution is 2.35. The molecule has 166 valence electrons. The van der Waals surface area contributed by atoms with Gasteiger partial charge in [0.25, 0.3) is 0 Å². The summed E-state index contributed by atoms with van der Waals surface area (Å²) < 4.78 is 44.2. The highest BCUT2D eigenvalue weighted by Gasteiger charge is 2.35. The molecular formula is C25H29F3N2O. The largest absolute Gasteiger partial charge is 0.416 e. The summed E-state index contributed by atoms with van der Waals surface area (Å²) in [7, 11) is 1.76. The van der Waals surface area contributed by atoms with E-state index in [4.69, 9.17) is 4.74 Å². The van der Waals surface area contributed by atoms with Gasteiger partial charge in [-0.1, -0.05) is 43.0 Å². The number of nitrogens with one attached hydrogen (secondary N) is 1. The molecule has 2 aromatic rings. The number of hydrogen-bond acceptors (Lipinski definition) is 3. The summed E-state index contributed by atoms with van der Waals surface area (Å²) in [5, 5.41) is 3.37. The molecule has 0 saturated carbocycles. The standard InChI is InChI=1S/C25H29F3N2O/c1-18(19-3-7-22(8-4-19)24(31-2)13-14-29-17-24)30-15-11-21(12-16-30)20-5-9-23(10-6-20)25(26,27)28/h3-10,21,29H,1,11-17H2,2H3. The molecule has 2 fully saturated rings. The van der Waals surface area contributed by atoms with Gasteiger partial charge in [-0.25, -0.2) is 0 Å². The molecule has 2 aliphatic heterocycles. The summed E-state index contributed by atoms with van der Waals surface area (Å²) in [6, 6.07) is 14.1. The van der Waals surface area contributed by atoms with E-state index in [1.54, 1.807) is 19.2 Å². The van der Waals surface area contributed by atoms with Crippen molar-refractivity contribution in [3.05, 3.63) is 77.4 Å². The quantitative estimate of drug-likeness (QED) is 0.688. The number of halogens is 3. The molecule has 6 heteroatoms. The lowest BCUT2D eigenvalue weighted by atomic mass is 9.88. The van der Waals surface area contributed by atoms with E-state index in [1.807, 2.05) is 0 Å². The first-order valence-corrected chi connectivity index (χ1v) is 10.8. The Kier molecular flexibility index (Phi) is 6.13. The van der Waals surface area contributed by atoms with Crippen molar-refractivity contribution >= 4 is 5.70 Å². The highest BCUT2D eigenvalue weighted by atomic mass is 19.4. The lowest BCUT2D eigenvalue weighted by Gasteiger charge is -2.35. The molecule has 2 saturated heterocycles. The third kappa shape index (κ3) is 4.51. The number of hydrogen-bond donors (Lipinski definition) is 1. The van der Waals surface area contributed by atoms with Crippen molar-refractivity contribution < 1.29 is 17.9 Å². The van der Waals surface area contributed by atoms with Gasteiger partial charge >= 0.3 is 6.18 Å². The van der Waals surface area contributed by atoms with Gasteiger partial charge in [-0.2, -0.15) is 13.2 Å². The summed E-state index contributed by atoms with van der Waals surface area (Å²) in [5.41, 5.74) is 3.41. The number of alkyl halides is 3. The zero-order valence-electron chi connectivity index (χ0n) is 17.8. The van der Waals surface area contributed by atoms with E-state index in [0.29, 0.717) is 0 Å². The number of ether oxygens (including phenoxy) is 1. The van der Waals surface area contributed by atoms with Gasteiger partial charge in [-0.05, 0) is 60.5 Å². The normalized spacial score (nSPS) is 22.6. The lowest BCUT2D eigenvalue weighted by Crippen LogP contribution is -2.32. The van der Waals surface area contributed by atoms with Crippen molar-refractivity contribution in [1.82, 2.24) is 10.2 Å². The number of methoxy groups -OCH3 is 1. The van der Waals surface area contributed by atoms with Crippen LogP contribution >= 0.6 is 0 Å². The molecule has 1 atom stereocenters. The average molecular weight is 431 g/mol. The Morgan fingerprint density at radius 2 is 1.71 bits per heavy atom. The molecular weight excluding hydrogens is 401 g/mol. The van der Waals surface area contributed by atoms with E-state index in [9.17, 15) is 13.2 Å². The van der Waals surface area contributed by atoms with E-state index in [0.717, 1.165) is 62.3 Å². The molecule has 0 amide bonds. The van der Waals surface area contributed by atoms with Crippen LogP contribution in [0, 0.1) is 0 Å². The summed E-state index contributed by atoms with van der Waals surface area (Å²) in [5.74, 6) is 0.283. The molecule has 0 aliphatic carbocycles. The van der Waals surface area contributed by atoms with Crippen molar-refractivity contribution in [1.29, 1.82) is 0 Å². The first-order valence-electron chi connectivity index (χ1n) is 10.8. The van der Waals surface area contributed by atoms with Gasteiger partial charge < -0.3 is 15.0 Å². The van der Waals surface area contributed by atoms with Gasteiger partial charge in [0.2, 0.25) is 0 Å². The maximum absolute atomic E-state index is 12.8. The Labute approximate surface area is 181 Å². The second-order valence-electron chi connectivity index (χ2n) is 8.53. The molecule has 0 spiro atoms. The zero-order chi connectivity index (χ0) is 22.1. The molecule has 2 heterocycles. The van der Waals surface area contributed by atoms with Crippen molar-refractivity contribution in [2.24, 2.45) is 0 Å². The summed E-state index contributed by atoms with van der Waals surface area (Å²) in [4.78, 5) is 2.28. The molecule has 31 heavy (non-hydrogen) atoms. The molecule has 3 nitrogen and oxygen atoms in total. The lowest BCUT2D eigenvalue weighted by molar-refractivity contribution is -0.137. The summed E-state index contributed by atoms with van der Waals surface area (Å²) in [6.07, 6.45) is -1.52. The summed E-state index contributed by atoms with van der Waals surface area (Å²) >= 11 is 0. The van der Waals surface area contributed by atoms with Crippen LogP contribution in [0.2, 0.25) is 0 Å². The maximum atomic E-state index is 12.8. The van der Waals surface area contributed by atoms with Crippen molar-refractivity contribution in [3.8, 4) is 0 Å². The summed E-state index contributed by atoms with van der Waals surface area (Å²) in [6.45, 7) is 7.77. The molecule has 2 aliphatic rings. The van der Waals surface area contributed by atoms with Crippen LogP contribution in [-0.2, 0) is 16.5 Å². The van der Waals surface area contributed by atoms with Crippen LogP contribution < -0.4 is 5.32 Å². The SMILES string of the molecule is C=C(c1ccc(C2(OC)CCNC2)cc1)N1CCC(c2ccc(C(F)(F)F)cc2)CC1. The van der Waals surface area contributed by atoms with Crippen LogP contribution in [0.25, 0.3) is 5.70 Å². The van der Waals surface area contributed by atoms with E-state index in [-0.39, 0.29) is 11.5 Å². The molecule has 4 rings (SSSR count). The Morgan fingerprint density at radius 1 is 1.06 bits per heavy atom. The Morgan fingerprint density at radius 3 is 2.23 bits per heavy atom. The molecule has 1 unspecified atom stereocenters. The number of piperidine rings is 1. The second-order valence-corrected chi connectivity index (χ2v) is 8.53. The van der Waals surface area contributed by atoms with Gasteiger partial charge in [0.15, 0.2) is 0 Å². The first kappa shape index (κ1) is 21.9. The average Bonchev–Trinajstić information content (AvgIpc) is 3.29. The topological polar surface area (TPSA) is 24.5 Å².